The molecule has 0 saturated carbocycles. The lowest BCUT2D eigenvalue weighted by Gasteiger charge is -2.33. The van der Waals surface area contributed by atoms with E-state index >= 15 is 0 Å². The second-order valence-electron chi connectivity index (χ2n) is 8.55. The number of hydrogen-bond donors (Lipinski definition) is 1. The number of methoxy groups -OCH3 is 2. The number of likely N-dealkylation sites (N-methyl/N-ethyl adjacent to an activating group) is 1. The number of piperazine rings is 1. The summed E-state index contributed by atoms with van der Waals surface area (Å²) in [7, 11) is 6.63. The van der Waals surface area contributed by atoms with Crippen LogP contribution in [-0.4, -0.2) is 81.5 Å². The van der Waals surface area contributed by atoms with Crippen LogP contribution < -0.4 is 19.7 Å². The van der Waals surface area contributed by atoms with E-state index in [0.29, 0.717) is 36.7 Å². The first-order valence-electron chi connectivity index (χ1n) is 11.3. The summed E-state index contributed by atoms with van der Waals surface area (Å²) in [5.74, 6) is 1.34. The highest BCUT2D eigenvalue weighted by atomic mass is 16.5. The van der Waals surface area contributed by atoms with Crippen molar-refractivity contribution in [3.8, 4) is 11.5 Å². The normalized spacial score (nSPS) is 18.1. The topological polar surface area (TPSA) is 86.7 Å². The lowest BCUT2D eigenvalue weighted by atomic mass is 9.94. The molecule has 2 aromatic rings. The molecule has 1 saturated heterocycles. The average molecular weight is 466 g/mol. The van der Waals surface area contributed by atoms with Gasteiger partial charge < -0.3 is 24.6 Å². The molecule has 1 unspecified atom stereocenters. The Bertz CT molecular complexity index is 1120. The van der Waals surface area contributed by atoms with Crippen molar-refractivity contribution in [3.05, 3.63) is 53.1 Å². The number of amides is 3. The molecule has 4 rings (SSSR count). The molecule has 2 aliphatic rings. The Morgan fingerprint density at radius 2 is 1.76 bits per heavy atom. The van der Waals surface area contributed by atoms with Gasteiger partial charge in [-0.1, -0.05) is 12.1 Å². The van der Waals surface area contributed by atoms with Crippen molar-refractivity contribution in [2.75, 3.05) is 52.8 Å². The molecular weight excluding hydrogens is 434 g/mol. The minimum atomic E-state index is -0.274. The highest BCUT2D eigenvalue weighted by molar-refractivity contribution is 6.14. The van der Waals surface area contributed by atoms with Crippen LogP contribution >= 0.6 is 0 Å². The number of nitrogens with zero attached hydrogens (tertiary/aromatic N) is 4. The Morgan fingerprint density at radius 3 is 2.38 bits per heavy atom. The molecule has 0 bridgehead atoms. The smallest absolute Gasteiger partial charge is 0.337 e. The standard InChI is InChI=1S/C25H31N5O4/c1-16-12-18-13-21(33-4)22(34-5)14-20(18)24(27-30(16)25(32)26-2)17-6-8-19(9-7-17)29-11-10-28(3)23(31)15-29/h6-9,13-14,16H,10-12,15H2,1-5H3,(H,26,32). The predicted octanol–water partition coefficient (Wildman–Crippen LogP) is 2.32. The predicted molar refractivity (Wildman–Crippen MR) is 131 cm³/mol. The molecule has 34 heavy (non-hydrogen) atoms. The number of carbonyl (C=O) groups is 2. The fraction of sp³-hybridized carbons (Fsp3) is 0.400. The Morgan fingerprint density at radius 1 is 1.09 bits per heavy atom. The van der Waals surface area contributed by atoms with E-state index in [4.69, 9.17) is 14.6 Å². The van der Waals surface area contributed by atoms with E-state index in [1.165, 1.54) is 5.01 Å². The molecule has 180 valence electrons. The molecule has 2 aromatic carbocycles. The maximum atomic E-state index is 12.6. The van der Waals surface area contributed by atoms with Crippen LogP contribution in [0.1, 0.15) is 23.6 Å². The summed E-state index contributed by atoms with van der Waals surface area (Å²) in [5.41, 5.74) is 4.41. The van der Waals surface area contributed by atoms with E-state index in [2.05, 4.69) is 10.2 Å². The zero-order chi connectivity index (χ0) is 24.4. The molecule has 1 fully saturated rings. The summed E-state index contributed by atoms with van der Waals surface area (Å²) in [5, 5.41) is 8.97. The quantitative estimate of drug-likeness (QED) is 0.749. The van der Waals surface area contributed by atoms with Gasteiger partial charge in [0.05, 0.1) is 32.5 Å². The highest BCUT2D eigenvalue weighted by Crippen LogP contribution is 2.35. The van der Waals surface area contributed by atoms with E-state index in [1.54, 1.807) is 26.2 Å². The molecule has 2 aliphatic heterocycles. The summed E-state index contributed by atoms with van der Waals surface area (Å²) in [6.07, 6.45) is 0.609. The van der Waals surface area contributed by atoms with Crippen LogP contribution in [0.5, 0.6) is 11.5 Å². The lowest BCUT2D eigenvalue weighted by molar-refractivity contribution is -0.129. The molecule has 0 aromatic heterocycles. The van der Waals surface area contributed by atoms with Gasteiger partial charge in [0.1, 0.15) is 0 Å². The molecule has 1 N–H and O–H groups in total. The summed E-state index contributed by atoms with van der Waals surface area (Å²) < 4.78 is 11.1. The van der Waals surface area contributed by atoms with E-state index in [1.807, 2.05) is 50.4 Å². The number of benzene rings is 2. The first-order valence-corrected chi connectivity index (χ1v) is 11.3. The number of hydrazone groups is 1. The maximum Gasteiger partial charge on any atom is 0.337 e. The number of rotatable bonds is 4. The van der Waals surface area contributed by atoms with Crippen molar-refractivity contribution < 1.29 is 19.1 Å². The van der Waals surface area contributed by atoms with E-state index < -0.39 is 0 Å². The molecule has 9 heteroatoms. The van der Waals surface area contributed by atoms with E-state index in [-0.39, 0.29) is 18.0 Å². The molecule has 3 amide bonds. The van der Waals surface area contributed by atoms with Crippen LogP contribution in [0.25, 0.3) is 0 Å². The number of anilines is 1. The second-order valence-corrected chi connectivity index (χ2v) is 8.55. The number of nitrogens with one attached hydrogen (secondary N) is 1. The summed E-state index contributed by atoms with van der Waals surface area (Å²) in [6, 6.07) is 11.4. The first-order chi connectivity index (χ1) is 16.4. The average Bonchev–Trinajstić information content (AvgIpc) is 2.99. The van der Waals surface area contributed by atoms with Crippen LogP contribution in [0.4, 0.5) is 10.5 Å². The van der Waals surface area contributed by atoms with Crippen LogP contribution in [0, 0.1) is 0 Å². The van der Waals surface area contributed by atoms with Gasteiger partial charge in [0.25, 0.3) is 0 Å². The Hall–Kier alpha value is -3.75. The van der Waals surface area contributed by atoms with Gasteiger partial charge in [0.2, 0.25) is 5.91 Å². The second kappa shape index (κ2) is 9.62. The number of urea groups is 1. The summed E-state index contributed by atoms with van der Waals surface area (Å²) in [4.78, 5) is 28.6. The zero-order valence-corrected chi connectivity index (χ0v) is 20.3. The van der Waals surface area contributed by atoms with E-state index in [0.717, 1.165) is 28.9 Å². The van der Waals surface area contributed by atoms with Gasteiger partial charge in [-0.2, -0.15) is 5.10 Å². The minimum Gasteiger partial charge on any atom is -0.493 e. The fourth-order valence-corrected chi connectivity index (χ4v) is 4.36. The molecule has 0 radical (unpaired) electrons. The molecule has 2 heterocycles. The number of ether oxygens (including phenoxy) is 2. The van der Waals surface area contributed by atoms with Crippen molar-refractivity contribution >= 4 is 23.3 Å². The van der Waals surface area contributed by atoms with Gasteiger partial charge >= 0.3 is 6.03 Å². The summed E-state index contributed by atoms with van der Waals surface area (Å²) >= 11 is 0. The molecule has 0 spiro atoms. The zero-order valence-electron chi connectivity index (χ0n) is 20.3. The van der Waals surface area contributed by atoms with Gasteiger partial charge in [0, 0.05) is 44.0 Å². The van der Waals surface area contributed by atoms with Gasteiger partial charge in [-0.05, 0) is 43.2 Å². The monoisotopic (exact) mass is 465 g/mol. The van der Waals surface area contributed by atoms with Crippen LogP contribution in [0.15, 0.2) is 41.5 Å². The highest BCUT2D eigenvalue weighted by Gasteiger charge is 2.28. The van der Waals surface area contributed by atoms with Crippen molar-refractivity contribution in [1.82, 2.24) is 15.2 Å². The largest absolute Gasteiger partial charge is 0.493 e. The Balaban J connectivity index is 1.77. The molecule has 0 aliphatic carbocycles. The van der Waals surface area contributed by atoms with Gasteiger partial charge in [-0.3, -0.25) is 4.79 Å². The fourth-order valence-electron chi connectivity index (χ4n) is 4.36. The third-order valence-electron chi connectivity index (χ3n) is 6.39. The van der Waals surface area contributed by atoms with Crippen molar-refractivity contribution in [3.63, 3.8) is 0 Å². The number of carbonyl (C=O) groups excluding carboxylic acids is 2. The van der Waals surface area contributed by atoms with Crippen molar-refractivity contribution in [2.24, 2.45) is 5.10 Å². The minimum absolute atomic E-state index is 0.105. The SMILES string of the molecule is CNC(=O)N1N=C(c2ccc(N3CCN(C)C(=O)C3)cc2)c2cc(OC)c(OC)cc2CC1C. The molecular formula is C25H31N5O4. The van der Waals surface area contributed by atoms with Gasteiger partial charge in [-0.25, -0.2) is 9.80 Å². The number of hydrogen-bond acceptors (Lipinski definition) is 6. The number of fused-ring (bicyclic) bond motifs is 1. The van der Waals surface area contributed by atoms with Crippen LogP contribution in [-0.2, 0) is 11.2 Å². The first kappa shape index (κ1) is 23.4. The molecule has 1 atom stereocenters. The van der Waals surface area contributed by atoms with Crippen molar-refractivity contribution in [1.29, 1.82) is 0 Å². The Labute approximate surface area is 199 Å². The maximum absolute atomic E-state index is 12.6. The third-order valence-corrected chi connectivity index (χ3v) is 6.39. The van der Waals surface area contributed by atoms with Crippen molar-refractivity contribution in [2.45, 2.75) is 19.4 Å². The third kappa shape index (κ3) is 4.37. The Kier molecular flexibility index (Phi) is 6.63. The van der Waals surface area contributed by atoms with Gasteiger partial charge in [0.15, 0.2) is 11.5 Å². The van der Waals surface area contributed by atoms with Gasteiger partial charge in [-0.15, -0.1) is 0 Å². The van der Waals surface area contributed by atoms with E-state index in [9.17, 15) is 9.59 Å². The lowest BCUT2D eigenvalue weighted by Crippen LogP contribution is -2.48. The van der Waals surface area contributed by atoms with Crippen LogP contribution in [0.3, 0.4) is 0 Å². The van der Waals surface area contributed by atoms with Crippen LogP contribution in [0.2, 0.25) is 0 Å². The molecule has 9 nitrogen and oxygen atoms in total. The summed E-state index contributed by atoms with van der Waals surface area (Å²) in [6.45, 7) is 3.81.